The molecule has 0 aliphatic rings. The van der Waals surface area contributed by atoms with Crippen molar-refractivity contribution in [3.05, 3.63) is 63.9 Å². The first-order valence-corrected chi connectivity index (χ1v) is 6.64. The van der Waals surface area contributed by atoms with Crippen LogP contribution in [0.4, 0.5) is 10.1 Å². The van der Waals surface area contributed by atoms with Crippen LogP contribution in [0.25, 0.3) is 0 Å². The molecule has 0 aliphatic carbocycles. The van der Waals surface area contributed by atoms with Crippen molar-refractivity contribution in [1.29, 1.82) is 0 Å². The van der Waals surface area contributed by atoms with Crippen molar-refractivity contribution in [2.24, 2.45) is 0 Å². The summed E-state index contributed by atoms with van der Waals surface area (Å²) in [6.45, 7) is 1.40. The second kappa shape index (κ2) is 5.96. The van der Waals surface area contributed by atoms with Gasteiger partial charge in [-0.3, -0.25) is 9.59 Å². The molecule has 0 bridgehead atoms. The average molecular weight is 336 g/mol. The van der Waals surface area contributed by atoms with Crippen LogP contribution in [0, 0.1) is 5.82 Å². The number of benzene rings is 2. The van der Waals surface area contributed by atoms with E-state index in [1.165, 1.54) is 25.1 Å². The van der Waals surface area contributed by atoms with Crippen LogP contribution < -0.4 is 5.32 Å². The highest BCUT2D eigenvalue weighted by Crippen LogP contribution is 2.20. The van der Waals surface area contributed by atoms with Crippen molar-refractivity contribution in [2.45, 2.75) is 6.92 Å². The predicted octanol–water partition coefficient (Wildman–Crippen LogP) is 3.78. The van der Waals surface area contributed by atoms with Crippen LogP contribution >= 0.6 is 15.9 Å². The third kappa shape index (κ3) is 3.30. The minimum absolute atomic E-state index is 0.00616. The van der Waals surface area contributed by atoms with Crippen molar-refractivity contribution in [2.75, 3.05) is 5.32 Å². The Morgan fingerprint density at radius 3 is 2.35 bits per heavy atom. The molecular formula is C15H11BrFNO2. The van der Waals surface area contributed by atoms with E-state index in [1.807, 2.05) is 0 Å². The summed E-state index contributed by atoms with van der Waals surface area (Å²) in [5.41, 5.74) is 0.950. The Hall–Kier alpha value is -2.01. The van der Waals surface area contributed by atoms with Crippen molar-refractivity contribution in [3.63, 3.8) is 0 Å². The summed E-state index contributed by atoms with van der Waals surface area (Å²) in [7, 11) is 0. The molecule has 1 amide bonds. The van der Waals surface area contributed by atoms with E-state index in [0.29, 0.717) is 15.7 Å². The van der Waals surface area contributed by atoms with Gasteiger partial charge in [0.25, 0.3) is 0 Å². The molecule has 2 aromatic rings. The SMILES string of the molecule is CC(=O)Nc1ccc(C(=O)c2cc(Br)ccc2F)cc1. The molecule has 0 atom stereocenters. The lowest BCUT2D eigenvalue weighted by Gasteiger charge is -2.05. The first kappa shape index (κ1) is 14.4. The van der Waals surface area contributed by atoms with Gasteiger partial charge in [0, 0.05) is 22.6 Å². The predicted molar refractivity (Wildman–Crippen MR) is 78.3 cm³/mol. The number of anilines is 1. The van der Waals surface area contributed by atoms with E-state index < -0.39 is 11.6 Å². The molecule has 5 heteroatoms. The van der Waals surface area contributed by atoms with Gasteiger partial charge in [0.05, 0.1) is 5.56 Å². The van der Waals surface area contributed by atoms with E-state index in [-0.39, 0.29) is 11.5 Å². The average Bonchev–Trinajstić information content (AvgIpc) is 2.41. The van der Waals surface area contributed by atoms with Crippen LogP contribution in [-0.2, 0) is 4.79 Å². The van der Waals surface area contributed by atoms with Gasteiger partial charge in [-0.25, -0.2) is 4.39 Å². The van der Waals surface area contributed by atoms with E-state index in [9.17, 15) is 14.0 Å². The molecule has 0 heterocycles. The number of halogens is 2. The van der Waals surface area contributed by atoms with Gasteiger partial charge in [0.1, 0.15) is 5.82 Å². The highest BCUT2D eigenvalue weighted by molar-refractivity contribution is 9.10. The second-order valence-corrected chi connectivity index (χ2v) is 5.13. The topological polar surface area (TPSA) is 46.2 Å². The largest absolute Gasteiger partial charge is 0.326 e. The van der Waals surface area contributed by atoms with Crippen molar-refractivity contribution in [3.8, 4) is 0 Å². The summed E-state index contributed by atoms with van der Waals surface area (Å²) in [4.78, 5) is 23.1. The zero-order valence-electron chi connectivity index (χ0n) is 10.6. The normalized spacial score (nSPS) is 10.2. The van der Waals surface area contributed by atoms with Gasteiger partial charge in [0.2, 0.25) is 5.91 Å². The van der Waals surface area contributed by atoms with Gasteiger partial charge in [-0.2, -0.15) is 0 Å². The van der Waals surface area contributed by atoms with Crippen LogP contribution in [0.1, 0.15) is 22.8 Å². The highest BCUT2D eigenvalue weighted by Gasteiger charge is 2.14. The molecule has 0 radical (unpaired) electrons. The fraction of sp³-hybridized carbons (Fsp3) is 0.0667. The number of hydrogen-bond donors (Lipinski definition) is 1. The fourth-order valence-corrected chi connectivity index (χ4v) is 2.10. The lowest BCUT2D eigenvalue weighted by molar-refractivity contribution is -0.114. The zero-order chi connectivity index (χ0) is 14.7. The number of carbonyl (C=O) groups excluding carboxylic acids is 2. The molecule has 0 aliphatic heterocycles. The maximum absolute atomic E-state index is 13.7. The van der Waals surface area contributed by atoms with Gasteiger partial charge in [-0.15, -0.1) is 0 Å². The van der Waals surface area contributed by atoms with E-state index in [0.717, 1.165) is 0 Å². The molecule has 3 nitrogen and oxygen atoms in total. The lowest BCUT2D eigenvalue weighted by Crippen LogP contribution is -2.07. The molecule has 1 N–H and O–H groups in total. The van der Waals surface area contributed by atoms with Crippen molar-refractivity contribution < 1.29 is 14.0 Å². The number of amides is 1. The Kier molecular flexibility index (Phi) is 4.29. The number of carbonyl (C=O) groups is 2. The monoisotopic (exact) mass is 335 g/mol. The number of ketones is 1. The van der Waals surface area contributed by atoms with Crippen molar-refractivity contribution >= 4 is 33.3 Å². The van der Waals surface area contributed by atoms with Crippen LogP contribution in [-0.4, -0.2) is 11.7 Å². The Morgan fingerprint density at radius 2 is 1.75 bits per heavy atom. The highest BCUT2D eigenvalue weighted by atomic mass is 79.9. The Balaban J connectivity index is 2.29. The molecule has 2 rings (SSSR count). The fourth-order valence-electron chi connectivity index (χ4n) is 1.74. The smallest absolute Gasteiger partial charge is 0.221 e. The van der Waals surface area contributed by atoms with Crippen LogP contribution in [0.2, 0.25) is 0 Å². The molecule has 0 fully saturated rings. The van der Waals surface area contributed by atoms with E-state index in [1.54, 1.807) is 24.3 Å². The van der Waals surface area contributed by atoms with Gasteiger partial charge >= 0.3 is 0 Å². The summed E-state index contributed by atoms with van der Waals surface area (Å²) in [6, 6.07) is 10.5. The number of rotatable bonds is 3. The number of hydrogen-bond acceptors (Lipinski definition) is 2. The standard InChI is InChI=1S/C15H11BrFNO2/c1-9(19)18-12-5-2-10(3-6-12)15(20)13-8-11(16)4-7-14(13)17/h2-8H,1H3,(H,18,19). The third-order valence-electron chi connectivity index (χ3n) is 2.64. The Labute approximate surface area is 123 Å². The third-order valence-corrected chi connectivity index (χ3v) is 3.13. The Bertz CT molecular complexity index is 668. The molecule has 102 valence electrons. The van der Waals surface area contributed by atoms with E-state index >= 15 is 0 Å². The summed E-state index contributed by atoms with van der Waals surface area (Å²) < 4.78 is 14.3. The quantitative estimate of drug-likeness (QED) is 0.867. The van der Waals surface area contributed by atoms with Gasteiger partial charge in [-0.1, -0.05) is 15.9 Å². The lowest BCUT2D eigenvalue weighted by atomic mass is 10.0. The summed E-state index contributed by atoms with van der Waals surface area (Å²) in [5.74, 6) is -1.16. The van der Waals surface area contributed by atoms with E-state index in [2.05, 4.69) is 21.2 Å². The molecule has 2 aromatic carbocycles. The molecule has 0 spiro atoms. The maximum atomic E-state index is 13.7. The summed E-state index contributed by atoms with van der Waals surface area (Å²) >= 11 is 3.21. The summed E-state index contributed by atoms with van der Waals surface area (Å²) in [5, 5.41) is 2.60. The summed E-state index contributed by atoms with van der Waals surface area (Å²) in [6.07, 6.45) is 0. The van der Waals surface area contributed by atoms with Gasteiger partial charge in [0.15, 0.2) is 5.78 Å². The van der Waals surface area contributed by atoms with Gasteiger partial charge in [-0.05, 0) is 42.5 Å². The first-order valence-electron chi connectivity index (χ1n) is 5.85. The molecule has 0 unspecified atom stereocenters. The molecular weight excluding hydrogens is 325 g/mol. The molecule has 0 aromatic heterocycles. The minimum atomic E-state index is -0.566. The number of nitrogens with one attached hydrogen (secondary N) is 1. The molecule has 0 saturated carbocycles. The molecule has 0 saturated heterocycles. The Morgan fingerprint density at radius 1 is 1.10 bits per heavy atom. The maximum Gasteiger partial charge on any atom is 0.221 e. The van der Waals surface area contributed by atoms with Crippen LogP contribution in [0.5, 0.6) is 0 Å². The van der Waals surface area contributed by atoms with Gasteiger partial charge < -0.3 is 5.32 Å². The zero-order valence-corrected chi connectivity index (χ0v) is 12.2. The van der Waals surface area contributed by atoms with Crippen molar-refractivity contribution in [1.82, 2.24) is 0 Å². The van der Waals surface area contributed by atoms with Crippen LogP contribution in [0.3, 0.4) is 0 Å². The first-order chi connectivity index (χ1) is 9.47. The minimum Gasteiger partial charge on any atom is -0.326 e. The van der Waals surface area contributed by atoms with E-state index in [4.69, 9.17) is 0 Å². The van der Waals surface area contributed by atoms with Crippen LogP contribution in [0.15, 0.2) is 46.9 Å². The second-order valence-electron chi connectivity index (χ2n) is 4.21. The molecule has 20 heavy (non-hydrogen) atoms.